The Bertz CT molecular complexity index is 808. The van der Waals surface area contributed by atoms with E-state index in [9.17, 15) is 21.9 Å². The molecule has 1 aliphatic heterocycles. The fourth-order valence-electron chi connectivity index (χ4n) is 2.66. The molecule has 1 N–H and O–H groups in total. The average Bonchev–Trinajstić information content (AvgIpc) is 2.65. The molecule has 1 saturated heterocycles. The van der Waals surface area contributed by atoms with E-state index in [-0.39, 0.29) is 9.92 Å². The van der Waals surface area contributed by atoms with Gasteiger partial charge in [0.1, 0.15) is 0 Å². The first kappa shape index (κ1) is 18.6. The Labute approximate surface area is 141 Å². The lowest BCUT2D eigenvalue weighted by molar-refractivity contribution is 0.0271. The Hall–Kier alpha value is -0.710. The van der Waals surface area contributed by atoms with Gasteiger partial charge in [0.15, 0.2) is 9.84 Å². The van der Waals surface area contributed by atoms with E-state index in [1.165, 1.54) is 25.2 Å². The lowest BCUT2D eigenvalue weighted by atomic mass is 10.2. The summed E-state index contributed by atoms with van der Waals surface area (Å²) in [6.07, 6.45) is -1.28. The van der Waals surface area contributed by atoms with Crippen LogP contribution in [-0.4, -0.2) is 69.1 Å². The second-order valence-corrected chi connectivity index (χ2v) is 10.1. The van der Waals surface area contributed by atoms with Crippen LogP contribution in [0.2, 0.25) is 5.02 Å². The van der Waals surface area contributed by atoms with E-state index in [4.69, 9.17) is 11.6 Å². The Morgan fingerprint density at radius 1 is 1.26 bits per heavy atom. The van der Waals surface area contributed by atoms with Gasteiger partial charge < -0.3 is 5.11 Å². The van der Waals surface area contributed by atoms with Crippen LogP contribution in [0.4, 0.5) is 0 Å². The number of hydrogen-bond acceptors (Lipinski definition) is 6. The van der Waals surface area contributed by atoms with Crippen LogP contribution in [0, 0.1) is 6.92 Å². The van der Waals surface area contributed by atoms with Crippen LogP contribution < -0.4 is 0 Å². The standard InChI is InChI=1S/C13H19ClN2O5S2/c1-9-4-5-10(14)6-13(9)23(20,21)16(15(2)3)11-7-22(18,19)8-12(11)17/h4-6,11-12,17H,7-8H2,1-3H3/t11-,12-/m1/s1. The van der Waals surface area contributed by atoms with Crippen molar-refractivity contribution in [2.24, 2.45) is 0 Å². The molecular formula is C13H19ClN2O5S2. The van der Waals surface area contributed by atoms with Crippen molar-refractivity contribution in [1.82, 2.24) is 9.42 Å². The molecule has 7 nitrogen and oxygen atoms in total. The molecule has 0 aliphatic carbocycles. The van der Waals surface area contributed by atoms with Crippen molar-refractivity contribution in [2.45, 2.75) is 24.0 Å². The van der Waals surface area contributed by atoms with Gasteiger partial charge in [0.25, 0.3) is 10.0 Å². The fraction of sp³-hybridized carbons (Fsp3) is 0.538. The molecule has 1 aromatic rings. The van der Waals surface area contributed by atoms with Gasteiger partial charge in [-0.15, -0.1) is 4.41 Å². The first-order chi connectivity index (χ1) is 10.5. The maximum atomic E-state index is 13.0. The van der Waals surface area contributed by atoms with Gasteiger partial charge in [0.2, 0.25) is 0 Å². The predicted octanol–water partition coefficient (Wildman–Crippen LogP) is 0.274. The van der Waals surface area contributed by atoms with Crippen LogP contribution >= 0.6 is 11.6 Å². The van der Waals surface area contributed by atoms with Crippen molar-refractivity contribution < 1.29 is 21.9 Å². The highest BCUT2D eigenvalue weighted by atomic mass is 35.5. The van der Waals surface area contributed by atoms with E-state index < -0.39 is 43.5 Å². The molecule has 0 unspecified atom stereocenters. The molecule has 0 aromatic heterocycles. The molecule has 2 rings (SSSR count). The number of halogens is 1. The summed E-state index contributed by atoms with van der Waals surface area (Å²) in [5, 5.41) is 11.6. The van der Waals surface area contributed by atoms with Crippen molar-refractivity contribution in [3.63, 3.8) is 0 Å². The zero-order valence-corrected chi connectivity index (χ0v) is 15.4. The zero-order chi connectivity index (χ0) is 17.6. The summed E-state index contributed by atoms with van der Waals surface area (Å²) in [6.45, 7) is 1.62. The minimum atomic E-state index is -4.07. The zero-order valence-electron chi connectivity index (χ0n) is 13.0. The molecule has 1 heterocycles. The van der Waals surface area contributed by atoms with Crippen LogP contribution in [0.15, 0.2) is 23.1 Å². The van der Waals surface area contributed by atoms with Crippen LogP contribution in [0.25, 0.3) is 0 Å². The molecule has 0 amide bonds. The molecule has 2 atom stereocenters. The van der Waals surface area contributed by atoms with Crippen molar-refractivity contribution >= 4 is 31.5 Å². The summed E-state index contributed by atoms with van der Waals surface area (Å²) in [6, 6.07) is 3.40. The topological polar surface area (TPSA) is 95.0 Å². The number of hydrogen-bond donors (Lipinski definition) is 1. The number of nitrogens with zero attached hydrogens (tertiary/aromatic N) is 2. The maximum absolute atomic E-state index is 13.0. The van der Waals surface area contributed by atoms with Crippen LogP contribution in [-0.2, 0) is 19.9 Å². The summed E-state index contributed by atoms with van der Waals surface area (Å²) >= 11 is 5.90. The first-order valence-corrected chi connectivity index (χ1v) is 10.5. The van der Waals surface area contributed by atoms with E-state index in [1.807, 2.05) is 0 Å². The van der Waals surface area contributed by atoms with E-state index in [2.05, 4.69) is 0 Å². The van der Waals surface area contributed by atoms with E-state index in [1.54, 1.807) is 19.1 Å². The van der Waals surface area contributed by atoms with Gasteiger partial charge in [-0.05, 0) is 24.6 Å². The summed E-state index contributed by atoms with van der Waals surface area (Å²) < 4.78 is 50.4. The lowest BCUT2D eigenvalue weighted by Gasteiger charge is -2.34. The molecule has 0 bridgehead atoms. The smallest absolute Gasteiger partial charge is 0.256 e. The van der Waals surface area contributed by atoms with Crippen molar-refractivity contribution in [3.05, 3.63) is 28.8 Å². The van der Waals surface area contributed by atoms with Gasteiger partial charge in [-0.1, -0.05) is 17.7 Å². The minimum Gasteiger partial charge on any atom is -0.390 e. The molecule has 1 fully saturated rings. The molecule has 1 aliphatic rings. The normalized spacial score (nSPS) is 24.5. The number of sulfonamides is 1. The van der Waals surface area contributed by atoms with Crippen LogP contribution in [0.3, 0.4) is 0 Å². The Morgan fingerprint density at radius 3 is 2.35 bits per heavy atom. The number of aliphatic hydroxyl groups excluding tert-OH is 1. The molecule has 0 saturated carbocycles. The number of sulfone groups is 1. The third kappa shape index (κ3) is 3.70. The maximum Gasteiger partial charge on any atom is 0.256 e. The second-order valence-electron chi connectivity index (χ2n) is 5.75. The fourth-order valence-corrected chi connectivity index (χ4v) is 6.71. The monoisotopic (exact) mass is 382 g/mol. The molecule has 130 valence electrons. The molecule has 0 spiro atoms. The van der Waals surface area contributed by atoms with Crippen molar-refractivity contribution in [1.29, 1.82) is 0 Å². The molecule has 1 aromatic carbocycles. The highest BCUT2D eigenvalue weighted by Gasteiger charge is 2.46. The van der Waals surface area contributed by atoms with Crippen molar-refractivity contribution in [3.8, 4) is 0 Å². The quantitative estimate of drug-likeness (QED) is 0.751. The molecule has 10 heteroatoms. The third-order valence-electron chi connectivity index (χ3n) is 3.65. The van der Waals surface area contributed by atoms with Gasteiger partial charge >= 0.3 is 0 Å². The number of aryl methyl sites for hydroxylation is 1. The molecule has 0 radical (unpaired) electrons. The van der Waals surface area contributed by atoms with Crippen LogP contribution in [0.5, 0.6) is 0 Å². The van der Waals surface area contributed by atoms with E-state index >= 15 is 0 Å². The highest BCUT2D eigenvalue weighted by Crippen LogP contribution is 2.29. The van der Waals surface area contributed by atoms with Gasteiger partial charge in [-0.25, -0.2) is 21.8 Å². The first-order valence-electron chi connectivity index (χ1n) is 6.82. The van der Waals surface area contributed by atoms with Gasteiger partial charge in [0.05, 0.1) is 28.5 Å². The SMILES string of the molecule is Cc1ccc(Cl)cc1S(=O)(=O)N([C@@H]1CS(=O)(=O)C[C@H]1O)N(C)C. The largest absolute Gasteiger partial charge is 0.390 e. The van der Waals surface area contributed by atoms with Crippen LogP contribution in [0.1, 0.15) is 5.56 Å². The Balaban J connectivity index is 2.55. The predicted molar refractivity (Wildman–Crippen MR) is 87.3 cm³/mol. The van der Waals surface area contributed by atoms with Gasteiger partial charge in [0, 0.05) is 19.1 Å². The summed E-state index contributed by atoms with van der Waals surface area (Å²) in [5.41, 5.74) is 0.483. The lowest BCUT2D eigenvalue weighted by Crippen LogP contribution is -2.53. The third-order valence-corrected chi connectivity index (χ3v) is 7.67. The molecular weight excluding hydrogens is 364 g/mol. The Morgan fingerprint density at radius 2 is 1.87 bits per heavy atom. The van der Waals surface area contributed by atoms with Gasteiger partial charge in [-0.3, -0.25) is 0 Å². The number of benzene rings is 1. The van der Waals surface area contributed by atoms with E-state index in [0.29, 0.717) is 5.56 Å². The number of rotatable bonds is 4. The summed E-state index contributed by atoms with van der Waals surface area (Å²) in [4.78, 5) is -0.0183. The van der Waals surface area contributed by atoms with Gasteiger partial charge in [-0.2, -0.15) is 0 Å². The summed E-state index contributed by atoms with van der Waals surface area (Å²) in [5.74, 6) is -0.878. The molecule has 23 heavy (non-hydrogen) atoms. The summed E-state index contributed by atoms with van der Waals surface area (Å²) in [7, 11) is -4.60. The average molecular weight is 383 g/mol. The minimum absolute atomic E-state index is 0.0183. The number of hydrazine groups is 1. The Kier molecular flexibility index (Phi) is 5.10. The van der Waals surface area contributed by atoms with Crippen molar-refractivity contribution in [2.75, 3.05) is 25.6 Å². The highest BCUT2D eigenvalue weighted by molar-refractivity contribution is 7.92. The second kappa shape index (κ2) is 6.30. The number of aliphatic hydroxyl groups is 1. The van der Waals surface area contributed by atoms with E-state index in [0.717, 1.165) is 4.41 Å².